The number of para-hydroxylation sites is 1. The van der Waals surface area contributed by atoms with Crippen molar-refractivity contribution < 1.29 is 14.3 Å². The first-order valence-corrected chi connectivity index (χ1v) is 8.49. The number of imide groups is 1. The van der Waals surface area contributed by atoms with Gasteiger partial charge in [0.25, 0.3) is 11.8 Å². The van der Waals surface area contributed by atoms with Crippen molar-refractivity contribution in [2.45, 2.75) is 0 Å². The van der Waals surface area contributed by atoms with Crippen LogP contribution in [-0.2, 0) is 4.79 Å². The number of amides is 2. The molecule has 0 heterocycles. The lowest BCUT2D eigenvalue weighted by Crippen LogP contribution is -2.35. The monoisotopic (exact) mass is 357 g/mol. The molecule has 0 bridgehead atoms. The fraction of sp³-hybridized carbons (Fsp3) is 0.0435. The average molecular weight is 357 g/mol. The molecule has 3 rings (SSSR count). The third kappa shape index (κ3) is 4.50. The number of methoxy groups -OCH3 is 1. The molecule has 0 saturated carbocycles. The number of nitrogens with zero attached hydrogens (tertiary/aromatic N) is 1. The molecule has 0 aliphatic carbocycles. The zero-order valence-corrected chi connectivity index (χ0v) is 14.9. The lowest BCUT2D eigenvalue weighted by atomic mass is 10.1. The minimum absolute atomic E-state index is 0.369. The fourth-order valence-corrected chi connectivity index (χ4v) is 2.59. The number of hydrogen-bond acceptors (Lipinski definition) is 3. The molecule has 0 spiro atoms. The maximum atomic E-state index is 12.9. The molecule has 0 aliphatic rings. The van der Waals surface area contributed by atoms with Gasteiger partial charge in [-0.2, -0.15) is 0 Å². The summed E-state index contributed by atoms with van der Waals surface area (Å²) in [6.07, 6.45) is 3.08. The van der Waals surface area contributed by atoms with E-state index in [1.54, 1.807) is 61.7 Å². The van der Waals surface area contributed by atoms with Gasteiger partial charge >= 0.3 is 0 Å². The maximum absolute atomic E-state index is 12.9. The van der Waals surface area contributed by atoms with Crippen LogP contribution >= 0.6 is 0 Å². The molecule has 0 aromatic heterocycles. The molecule has 0 radical (unpaired) electrons. The topological polar surface area (TPSA) is 46.6 Å². The van der Waals surface area contributed by atoms with E-state index in [1.807, 2.05) is 36.4 Å². The molecule has 27 heavy (non-hydrogen) atoms. The van der Waals surface area contributed by atoms with Crippen molar-refractivity contribution in [1.29, 1.82) is 0 Å². The van der Waals surface area contributed by atoms with E-state index in [0.29, 0.717) is 11.3 Å². The summed E-state index contributed by atoms with van der Waals surface area (Å²) in [7, 11) is 1.60. The van der Waals surface area contributed by atoms with Crippen molar-refractivity contribution in [1.82, 2.24) is 0 Å². The van der Waals surface area contributed by atoms with Crippen LogP contribution < -0.4 is 9.64 Å². The van der Waals surface area contributed by atoms with Gasteiger partial charge in [0.2, 0.25) is 0 Å². The Labute approximate surface area is 158 Å². The summed E-state index contributed by atoms with van der Waals surface area (Å²) < 4.78 is 5.13. The van der Waals surface area contributed by atoms with E-state index >= 15 is 0 Å². The van der Waals surface area contributed by atoms with E-state index in [1.165, 1.54) is 11.0 Å². The van der Waals surface area contributed by atoms with Crippen LogP contribution in [0.1, 0.15) is 15.9 Å². The van der Waals surface area contributed by atoms with Gasteiger partial charge in [-0.3, -0.25) is 9.59 Å². The Balaban J connectivity index is 1.89. The van der Waals surface area contributed by atoms with Crippen LogP contribution in [0.15, 0.2) is 91.0 Å². The van der Waals surface area contributed by atoms with Crippen molar-refractivity contribution in [3.63, 3.8) is 0 Å². The summed E-state index contributed by atoms with van der Waals surface area (Å²) in [5.74, 6) is -0.0410. The first-order chi connectivity index (χ1) is 13.2. The number of benzene rings is 3. The van der Waals surface area contributed by atoms with Crippen molar-refractivity contribution in [3.8, 4) is 5.75 Å². The van der Waals surface area contributed by atoms with E-state index in [2.05, 4.69) is 0 Å². The second kappa shape index (κ2) is 8.63. The fourth-order valence-electron chi connectivity index (χ4n) is 2.59. The molecule has 0 unspecified atom stereocenters. The van der Waals surface area contributed by atoms with Gasteiger partial charge in [0.15, 0.2) is 0 Å². The molecule has 3 aromatic rings. The van der Waals surface area contributed by atoms with Crippen LogP contribution in [0, 0.1) is 0 Å². The van der Waals surface area contributed by atoms with E-state index in [-0.39, 0.29) is 5.91 Å². The smallest absolute Gasteiger partial charge is 0.265 e. The highest BCUT2D eigenvalue weighted by Crippen LogP contribution is 2.18. The zero-order chi connectivity index (χ0) is 19.1. The Kier molecular flexibility index (Phi) is 5.80. The first kappa shape index (κ1) is 18.1. The van der Waals surface area contributed by atoms with Gasteiger partial charge < -0.3 is 4.74 Å². The lowest BCUT2D eigenvalue weighted by Gasteiger charge is -2.19. The Morgan fingerprint density at radius 3 is 2.00 bits per heavy atom. The summed E-state index contributed by atoms with van der Waals surface area (Å²) >= 11 is 0. The molecular formula is C23H19NO3. The van der Waals surface area contributed by atoms with Crippen LogP contribution in [0.2, 0.25) is 0 Å². The molecule has 4 nitrogen and oxygen atoms in total. The molecule has 4 heteroatoms. The number of anilines is 1. The Morgan fingerprint density at radius 2 is 1.41 bits per heavy atom. The summed E-state index contributed by atoms with van der Waals surface area (Å²) in [4.78, 5) is 27.0. The Bertz CT molecular complexity index is 932. The Morgan fingerprint density at radius 1 is 0.815 bits per heavy atom. The van der Waals surface area contributed by atoms with E-state index in [0.717, 1.165) is 11.3 Å². The van der Waals surface area contributed by atoms with Gasteiger partial charge in [-0.15, -0.1) is 0 Å². The third-order valence-corrected chi connectivity index (χ3v) is 3.99. The highest BCUT2D eigenvalue weighted by atomic mass is 16.5. The van der Waals surface area contributed by atoms with Gasteiger partial charge in [0.05, 0.1) is 12.8 Å². The number of hydrogen-bond donors (Lipinski definition) is 0. The van der Waals surface area contributed by atoms with Crippen molar-refractivity contribution in [3.05, 3.63) is 102 Å². The van der Waals surface area contributed by atoms with Gasteiger partial charge in [0.1, 0.15) is 5.75 Å². The van der Waals surface area contributed by atoms with Crippen LogP contribution in [0.4, 0.5) is 5.69 Å². The number of ether oxygens (including phenoxy) is 1. The van der Waals surface area contributed by atoms with Gasteiger partial charge in [-0.1, -0.05) is 48.5 Å². The van der Waals surface area contributed by atoms with E-state index < -0.39 is 5.91 Å². The third-order valence-electron chi connectivity index (χ3n) is 3.99. The zero-order valence-electron chi connectivity index (χ0n) is 14.9. The number of carbonyl (C=O) groups excluding carboxylic acids is 2. The lowest BCUT2D eigenvalue weighted by molar-refractivity contribution is -0.113. The Hall–Kier alpha value is -3.66. The van der Waals surface area contributed by atoms with Crippen LogP contribution in [0.3, 0.4) is 0 Å². The van der Waals surface area contributed by atoms with Gasteiger partial charge in [-0.05, 0) is 48.0 Å². The summed E-state index contributed by atoms with van der Waals surface area (Å²) in [6, 6.07) is 25.0. The summed E-state index contributed by atoms with van der Waals surface area (Å²) in [6.45, 7) is 0. The predicted octanol–water partition coefficient (Wildman–Crippen LogP) is 4.58. The molecule has 134 valence electrons. The second-order valence-electron chi connectivity index (χ2n) is 5.79. The van der Waals surface area contributed by atoms with Gasteiger partial charge in [-0.25, -0.2) is 4.90 Å². The number of rotatable bonds is 5. The number of carbonyl (C=O) groups is 2. The average Bonchev–Trinajstić information content (AvgIpc) is 2.74. The predicted molar refractivity (Wildman–Crippen MR) is 107 cm³/mol. The van der Waals surface area contributed by atoms with Gasteiger partial charge in [0, 0.05) is 11.6 Å². The molecule has 0 aliphatic heterocycles. The molecule has 0 N–H and O–H groups in total. The minimum atomic E-state index is -0.411. The quantitative estimate of drug-likeness (QED) is 0.628. The largest absolute Gasteiger partial charge is 0.497 e. The minimum Gasteiger partial charge on any atom is -0.497 e. The standard InChI is InChI=1S/C23H19NO3/c1-27-21-15-12-18(13-16-21)14-17-22(25)24(20-10-6-3-7-11-20)23(26)19-8-4-2-5-9-19/h2-17H,1H3/b17-14+. The summed E-state index contributed by atoms with van der Waals surface area (Å²) in [5.41, 5.74) is 1.81. The first-order valence-electron chi connectivity index (χ1n) is 8.49. The second-order valence-corrected chi connectivity index (χ2v) is 5.79. The van der Waals surface area contributed by atoms with Crippen molar-refractivity contribution >= 4 is 23.6 Å². The van der Waals surface area contributed by atoms with Crippen molar-refractivity contribution in [2.24, 2.45) is 0 Å². The molecular weight excluding hydrogens is 338 g/mol. The molecule has 0 fully saturated rings. The highest BCUT2D eigenvalue weighted by molar-refractivity contribution is 6.24. The summed E-state index contributed by atoms with van der Waals surface area (Å²) in [5, 5.41) is 0. The van der Waals surface area contributed by atoms with Crippen LogP contribution in [-0.4, -0.2) is 18.9 Å². The molecule has 3 aromatic carbocycles. The van der Waals surface area contributed by atoms with Crippen LogP contribution in [0.5, 0.6) is 5.75 Å². The van der Waals surface area contributed by atoms with Crippen molar-refractivity contribution in [2.75, 3.05) is 12.0 Å². The van der Waals surface area contributed by atoms with Crippen LogP contribution in [0.25, 0.3) is 6.08 Å². The van der Waals surface area contributed by atoms with E-state index in [4.69, 9.17) is 4.74 Å². The highest BCUT2D eigenvalue weighted by Gasteiger charge is 2.22. The maximum Gasteiger partial charge on any atom is 0.265 e. The molecule has 0 atom stereocenters. The SMILES string of the molecule is COc1ccc(/C=C/C(=O)N(C(=O)c2ccccc2)c2ccccc2)cc1. The molecule has 0 saturated heterocycles. The normalized spacial score (nSPS) is 10.6. The van der Waals surface area contributed by atoms with E-state index in [9.17, 15) is 9.59 Å². The molecule has 2 amide bonds.